The zero-order valence-electron chi connectivity index (χ0n) is 14.0. The number of hydrogen-bond acceptors (Lipinski definition) is 5. The van der Waals surface area contributed by atoms with Gasteiger partial charge in [-0.15, -0.1) is 0 Å². The lowest BCUT2D eigenvalue weighted by atomic mass is 10.2. The summed E-state index contributed by atoms with van der Waals surface area (Å²) >= 11 is 0. The van der Waals surface area contributed by atoms with Gasteiger partial charge in [0.05, 0.1) is 17.2 Å². The highest BCUT2D eigenvalue weighted by Crippen LogP contribution is 2.18. The molecule has 0 saturated carbocycles. The molecule has 0 aliphatic rings. The van der Waals surface area contributed by atoms with Gasteiger partial charge in [-0.1, -0.05) is 6.42 Å². The van der Waals surface area contributed by atoms with Crippen LogP contribution in [-0.4, -0.2) is 29.5 Å². The first kappa shape index (κ1) is 18.6. The molecule has 0 spiro atoms. The molecule has 6 nitrogen and oxygen atoms in total. The highest BCUT2D eigenvalue weighted by atomic mass is 16.6. The number of ether oxygens (including phenoxy) is 1. The van der Waals surface area contributed by atoms with Gasteiger partial charge in [0.15, 0.2) is 0 Å². The van der Waals surface area contributed by atoms with Crippen molar-refractivity contribution in [3.63, 3.8) is 0 Å². The number of hydrogen-bond donors (Lipinski definition) is 1. The topological polar surface area (TPSA) is 85.0 Å². The quantitative estimate of drug-likeness (QED) is 0.302. The fraction of sp³-hybridized carbons (Fsp3) is 0.316. The third-order valence-corrected chi connectivity index (χ3v) is 3.62. The molecule has 132 valence electrons. The minimum absolute atomic E-state index is 0.0526. The van der Waals surface area contributed by atoms with Gasteiger partial charge in [-0.25, -0.2) is 0 Å². The fourth-order valence-electron chi connectivity index (χ4n) is 2.22. The lowest BCUT2D eigenvalue weighted by Crippen LogP contribution is -1.97. The molecule has 0 aromatic heterocycles. The van der Waals surface area contributed by atoms with E-state index in [9.17, 15) is 10.1 Å². The van der Waals surface area contributed by atoms with Gasteiger partial charge >= 0.3 is 0 Å². The Morgan fingerprint density at radius 1 is 1.00 bits per heavy atom. The van der Waals surface area contributed by atoms with Crippen molar-refractivity contribution in [3.8, 4) is 5.75 Å². The summed E-state index contributed by atoms with van der Waals surface area (Å²) in [5, 5.41) is 19.3. The van der Waals surface area contributed by atoms with Crippen molar-refractivity contribution < 1.29 is 14.8 Å². The number of nitro groups is 1. The standard InChI is InChI=1S/C19H22N2O4/c22-13-3-1-2-4-14-25-19-11-5-16(6-12-19)15-20-17-7-9-18(10-8-17)21(23)24/h5-12,15,22H,1-4,13-14H2. The third-order valence-electron chi connectivity index (χ3n) is 3.62. The molecule has 0 bridgehead atoms. The van der Waals surface area contributed by atoms with Gasteiger partial charge in [0, 0.05) is 25.0 Å². The first-order valence-electron chi connectivity index (χ1n) is 8.31. The number of aliphatic hydroxyl groups is 1. The maximum Gasteiger partial charge on any atom is 0.269 e. The largest absolute Gasteiger partial charge is 0.494 e. The minimum Gasteiger partial charge on any atom is -0.494 e. The first-order chi connectivity index (χ1) is 12.2. The minimum atomic E-state index is -0.432. The summed E-state index contributed by atoms with van der Waals surface area (Å²) in [4.78, 5) is 14.5. The van der Waals surface area contributed by atoms with Crippen LogP contribution < -0.4 is 4.74 Å². The van der Waals surface area contributed by atoms with E-state index in [1.807, 2.05) is 24.3 Å². The zero-order chi connectivity index (χ0) is 17.9. The monoisotopic (exact) mass is 342 g/mol. The molecule has 6 heteroatoms. The molecule has 0 radical (unpaired) electrons. The van der Waals surface area contributed by atoms with E-state index < -0.39 is 4.92 Å². The lowest BCUT2D eigenvalue weighted by molar-refractivity contribution is -0.384. The summed E-state index contributed by atoms with van der Waals surface area (Å²) in [5.74, 6) is 0.814. The Hall–Kier alpha value is -2.73. The maximum atomic E-state index is 10.6. The molecule has 0 heterocycles. The smallest absolute Gasteiger partial charge is 0.269 e. The van der Waals surface area contributed by atoms with Gasteiger partial charge in [-0.05, 0) is 61.2 Å². The number of benzene rings is 2. The second-order valence-corrected chi connectivity index (χ2v) is 5.59. The van der Waals surface area contributed by atoms with Gasteiger partial charge in [0.25, 0.3) is 5.69 Å². The summed E-state index contributed by atoms with van der Waals surface area (Å²) in [6.45, 7) is 0.922. The average Bonchev–Trinajstić information content (AvgIpc) is 2.64. The van der Waals surface area contributed by atoms with Crippen LogP contribution in [0.2, 0.25) is 0 Å². The number of unbranched alkanes of at least 4 members (excludes halogenated alkanes) is 3. The Morgan fingerprint density at radius 3 is 2.32 bits per heavy atom. The predicted molar refractivity (Wildman–Crippen MR) is 97.8 cm³/mol. The normalized spacial score (nSPS) is 10.9. The van der Waals surface area contributed by atoms with E-state index in [1.165, 1.54) is 12.1 Å². The van der Waals surface area contributed by atoms with Crippen LogP contribution in [-0.2, 0) is 0 Å². The highest BCUT2D eigenvalue weighted by Gasteiger charge is 2.02. The van der Waals surface area contributed by atoms with Crippen LogP contribution in [0.4, 0.5) is 11.4 Å². The number of nitro benzene ring substituents is 1. The van der Waals surface area contributed by atoms with Gasteiger partial charge in [-0.3, -0.25) is 15.1 Å². The zero-order valence-corrected chi connectivity index (χ0v) is 14.0. The summed E-state index contributed by atoms with van der Waals surface area (Å²) in [6, 6.07) is 13.7. The second-order valence-electron chi connectivity index (χ2n) is 5.59. The van der Waals surface area contributed by atoms with Crippen molar-refractivity contribution >= 4 is 17.6 Å². The van der Waals surface area contributed by atoms with Gasteiger partial charge in [0.2, 0.25) is 0 Å². The number of aliphatic imine (C=N–C) groups is 1. The molecule has 0 aliphatic carbocycles. The summed E-state index contributed by atoms with van der Waals surface area (Å²) in [6.07, 6.45) is 5.62. The number of aliphatic hydroxyl groups excluding tert-OH is 1. The molecule has 0 amide bonds. The summed E-state index contributed by atoms with van der Waals surface area (Å²) in [7, 11) is 0. The van der Waals surface area contributed by atoms with Crippen molar-refractivity contribution in [3.05, 3.63) is 64.2 Å². The fourth-order valence-corrected chi connectivity index (χ4v) is 2.22. The van der Waals surface area contributed by atoms with E-state index in [1.54, 1.807) is 18.3 Å². The van der Waals surface area contributed by atoms with Gasteiger partial charge in [-0.2, -0.15) is 0 Å². The van der Waals surface area contributed by atoms with Crippen LogP contribution >= 0.6 is 0 Å². The SMILES string of the molecule is O=[N+]([O-])c1ccc(N=Cc2ccc(OCCCCCCO)cc2)cc1. The Labute approximate surface area is 146 Å². The highest BCUT2D eigenvalue weighted by molar-refractivity contribution is 5.82. The van der Waals surface area contributed by atoms with Crippen LogP contribution in [0.15, 0.2) is 53.5 Å². The number of nitrogens with zero attached hydrogens (tertiary/aromatic N) is 2. The Balaban J connectivity index is 1.80. The molecule has 1 N–H and O–H groups in total. The molecule has 0 fully saturated rings. The van der Waals surface area contributed by atoms with Gasteiger partial charge < -0.3 is 9.84 Å². The maximum absolute atomic E-state index is 10.6. The van der Waals surface area contributed by atoms with E-state index >= 15 is 0 Å². The van der Waals surface area contributed by atoms with E-state index in [4.69, 9.17) is 9.84 Å². The van der Waals surface area contributed by atoms with Crippen molar-refractivity contribution in [2.45, 2.75) is 25.7 Å². The molecule has 2 aromatic rings. The number of non-ortho nitro benzene ring substituents is 1. The van der Waals surface area contributed by atoms with Gasteiger partial charge in [0.1, 0.15) is 5.75 Å². The predicted octanol–water partition coefficient (Wildman–Crippen LogP) is 4.28. The van der Waals surface area contributed by atoms with Crippen LogP contribution in [0.5, 0.6) is 5.75 Å². The Bertz CT molecular complexity index is 682. The van der Waals surface area contributed by atoms with Crippen molar-refractivity contribution in [1.82, 2.24) is 0 Å². The van der Waals surface area contributed by atoms with Crippen LogP contribution in [0.25, 0.3) is 0 Å². The molecule has 0 saturated heterocycles. The van der Waals surface area contributed by atoms with E-state index in [2.05, 4.69) is 4.99 Å². The molecule has 2 aromatic carbocycles. The Kier molecular flexibility index (Phi) is 7.59. The number of rotatable bonds is 10. The van der Waals surface area contributed by atoms with Crippen molar-refractivity contribution in [2.75, 3.05) is 13.2 Å². The third kappa shape index (κ3) is 6.73. The summed E-state index contributed by atoms with van der Waals surface area (Å²) in [5.41, 5.74) is 1.64. The van der Waals surface area contributed by atoms with E-state index in [0.717, 1.165) is 37.0 Å². The van der Waals surface area contributed by atoms with E-state index in [0.29, 0.717) is 12.3 Å². The molecular formula is C19H22N2O4. The van der Waals surface area contributed by atoms with Crippen LogP contribution in [0, 0.1) is 10.1 Å². The van der Waals surface area contributed by atoms with E-state index in [-0.39, 0.29) is 12.3 Å². The summed E-state index contributed by atoms with van der Waals surface area (Å²) < 4.78 is 5.67. The molecule has 0 aliphatic heterocycles. The first-order valence-corrected chi connectivity index (χ1v) is 8.31. The van der Waals surface area contributed by atoms with Crippen LogP contribution in [0.1, 0.15) is 31.2 Å². The van der Waals surface area contributed by atoms with Crippen molar-refractivity contribution in [2.24, 2.45) is 4.99 Å². The molecule has 0 unspecified atom stereocenters. The van der Waals surface area contributed by atoms with Crippen molar-refractivity contribution in [1.29, 1.82) is 0 Å². The lowest BCUT2D eigenvalue weighted by Gasteiger charge is -2.06. The molecule has 25 heavy (non-hydrogen) atoms. The van der Waals surface area contributed by atoms with Crippen LogP contribution in [0.3, 0.4) is 0 Å². The molecular weight excluding hydrogens is 320 g/mol. The second kappa shape index (κ2) is 10.2. The Morgan fingerprint density at radius 2 is 1.68 bits per heavy atom. The average molecular weight is 342 g/mol. The molecule has 2 rings (SSSR count). The molecule has 0 atom stereocenters.